The highest BCUT2D eigenvalue weighted by atomic mass is 16.7. The Balaban J connectivity index is 1.35. The highest BCUT2D eigenvalue weighted by Crippen LogP contribution is 2.62. The molecule has 6 atom stereocenters. The average molecular weight is 956 g/mol. The largest absolute Gasteiger partial charge is 0.459 e. The third-order valence-electron chi connectivity index (χ3n) is 13.4. The summed E-state index contributed by atoms with van der Waals surface area (Å²) in [5.41, 5.74) is 4.03. The number of oxime groups is 1. The Morgan fingerprint density at radius 3 is 2.41 bits per heavy atom. The van der Waals surface area contributed by atoms with Crippen molar-refractivity contribution in [2.45, 2.75) is 82.8 Å². The van der Waals surface area contributed by atoms with Crippen LogP contribution in [0, 0.1) is 39.2 Å². The van der Waals surface area contributed by atoms with E-state index in [-0.39, 0.29) is 69.6 Å². The number of aliphatic hydroxyl groups is 2. The first-order valence-corrected chi connectivity index (χ1v) is 23.7. The van der Waals surface area contributed by atoms with Crippen molar-refractivity contribution < 1.29 is 53.2 Å². The SMILES string of the molecule is C=CCO[C@@]12Oc3ccc(OC(=O)NCC)cc3[C@H]3[C@H](CCCCO)[C@@H](CCCCO)C=C(C(=NOCc4ccc([N+](=O)[O-])cc4)C[C@@H]1N(Cc1ccc4c(c1)OCO4)C(=O)c1ccc(C#N)cc1)[C@H]32. The van der Waals surface area contributed by atoms with Gasteiger partial charge in [-0.25, -0.2) is 4.79 Å². The molecule has 3 N–H and O–H groups in total. The molecule has 0 aromatic heterocycles. The summed E-state index contributed by atoms with van der Waals surface area (Å²) < 4.78 is 31.8. The predicted molar refractivity (Wildman–Crippen MR) is 256 cm³/mol. The number of hydrogen-bond donors (Lipinski definition) is 3. The molecule has 70 heavy (non-hydrogen) atoms. The Morgan fingerprint density at radius 2 is 1.70 bits per heavy atom. The molecule has 1 saturated carbocycles. The molecule has 17 heteroatoms. The monoisotopic (exact) mass is 955 g/mol. The summed E-state index contributed by atoms with van der Waals surface area (Å²) >= 11 is 0. The van der Waals surface area contributed by atoms with E-state index >= 15 is 4.79 Å². The molecule has 4 aromatic carbocycles. The van der Waals surface area contributed by atoms with Crippen LogP contribution in [-0.4, -0.2) is 82.7 Å². The predicted octanol–water partition coefficient (Wildman–Crippen LogP) is 8.48. The van der Waals surface area contributed by atoms with Crippen LogP contribution in [0.4, 0.5) is 10.5 Å². The van der Waals surface area contributed by atoms with E-state index in [1.54, 1.807) is 72.5 Å². The third-order valence-corrected chi connectivity index (χ3v) is 13.4. The standard InChI is InChI=1S/C53H57N5O12/c1-3-25-67-53-48(57(51(61)37-16-11-34(30-54)12-17-37)31-36-15-21-46-47(26-36)66-33-65-46)29-44(56-68-32-35-13-18-39(19-14-35)58(63)64)42-27-38(9-5-7-23-59)41(10-6-8-24-60)49(50(42)53)43-28-40(20-22-45(43)70-53)69-52(62)55-4-2/h3,11-22,26-28,38,41,48-50,59-60H,1,4-10,23-25,29,31-33H2,2H3,(H,55,62)/t38-,41+,48-,49+,50+,53+/m0/s1. The molecule has 1 fully saturated rings. The molecule has 0 unspecified atom stereocenters. The van der Waals surface area contributed by atoms with Crippen LogP contribution in [0.2, 0.25) is 0 Å². The zero-order valence-corrected chi connectivity index (χ0v) is 39.0. The summed E-state index contributed by atoms with van der Waals surface area (Å²) in [6.45, 7) is 6.29. The third kappa shape index (κ3) is 10.5. The zero-order valence-electron chi connectivity index (χ0n) is 39.0. The van der Waals surface area contributed by atoms with E-state index in [1.165, 1.54) is 12.1 Å². The van der Waals surface area contributed by atoms with E-state index in [4.69, 9.17) is 33.7 Å². The van der Waals surface area contributed by atoms with Crippen LogP contribution in [0.5, 0.6) is 23.0 Å². The van der Waals surface area contributed by atoms with E-state index < -0.39 is 34.7 Å². The normalized spacial score (nSPS) is 22.1. The fourth-order valence-corrected chi connectivity index (χ4v) is 10.3. The van der Waals surface area contributed by atoms with Crippen molar-refractivity contribution in [1.82, 2.24) is 10.2 Å². The minimum atomic E-state index is -1.64. The molecule has 2 amide bonds. The Morgan fingerprint density at radius 1 is 0.971 bits per heavy atom. The van der Waals surface area contributed by atoms with Gasteiger partial charge in [-0.3, -0.25) is 14.9 Å². The number of carbonyl (C=O) groups is 2. The average Bonchev–Trinajstić information content (AvgIpc) is 3.85. The number of rotatable bonds is 21. The van der Waals surface area contributed by atoms with Gasteiger partial charge in [0.2, 0.25) is 12.6 Å². The van der Waals surface area contributed by atoms with Crippen molar-refractivity contribution in [3.8, 4) is 29.1 Å². The number of nitro benzene ring substituents is 1. The smallest absolute Gasteiger partial charge is 0.412 e. The molecular weight excluding hydrogens is 899 g/mol. The number of nitrogens with zero attached hydrogens (tertiary/aromatic N) is 4. The highest BCUT2D eigenvalue weighted by molar-refractivity contribution is 6.03. The lowest BCUT2D eigenvalue weighted by Gasteiger charge is -2.60. The summed E-state index contributed by atoms with van der Waals surface area (Å²) in [6.07, 6.45) is 7.21. The Labute approximate surface area is 406 Å². The highest BCUT2D eigenvalue weighted by Gasteiger charge is 2.65. The summed E-state index contributed by atoms with van der Waals surface area (Å²) in [6, 6.07) is 24.4. The second kappa shape index (κ2) is 22.4. The summed E-state index contributed by atoms with van der Waals surface area (Å²) in [5.74, 6) is -1.50. The first kappa shape index (κ1) is 49.2. The first-order valence-electron chi connectivity index (χ1n) is 23.7. The minimum Gasteiger partial charge on any atom is -0.459 e. The van der Waals surface area contributed by atoms with Crippen LogP contribution in [0.25, 0.3) is 0 Å². The number of unbranched alkanes of at least 4 members (excludes halogenated alkanes) is 2. The quantitative estimate of drug-likeness (QED) is 0.0309. The number of benzene rings is 4. The Hall–Kier alpha value is -7.26. The number of ether oxygens (including phenoxy) is 5. The van der Waals surface area contributed by atoms with Gasteiger partial charge in [0.15, 0.2) is 11.5 Å². The van der Waals surface area contributed by atoms with Gasteiger partial charge in [-0.1, -0.05) is 36.2 Å². The Kier molecular flexibility index (Phi) is 15.8. The zero-order chi connectivity index (χ0) is 49.2. The number of allylic oxidation sites excluding steroid dienone is 1. The number of nitriles is 1. The number of carbonyl (C=O) groups excluding carboxylic acids is 2. The maximum Gasteiger partial charge on any atom is 0.412 e. The van der Waals surface area contributed by atoms with Gasteiger partial charge in [0.25, 0.3) is 11.6 Å². The maximum absolute atomic E-state index is 15.5. The van der Waals surface area contributed by atoms with Crippen molar-refractivity contribution in [3.05, 3.63) is 147 Å². The molecule has 2 heterocycles. The van der Waals surface area contributed by atoms with Crippen LogP contribution in [0.1, 0.15) is 90.4 Å². The summed E-state index contributed by atoms with van der Waals surface area (Å²) in [4.78, 5) is 47.3. The van der Waals surface area contributed by atoms with Crippen LogP contribution in [0.3, 0.4) is 0 Å². The fraction of sp³-hybridized carbons (Fsp3) is 0.396. The van der Waals surface area contributed by atoms with Gasteiger partial charge in [-0.2, -0.15) is 5.26 Å². The minimum absolute atomic E-state index is 0.00491. The van der Waals surface area contributed by atoms with E-state index in [1.807, 2.05) is 18.2 Å². The summed E-state index contributed by atoms with van der Waals surface area (Å²) in [7, 11) is 0. The number of amides is 2. The van der Waals surface area contributed by atoms with Crippen LogP contribution in [0.15, 0.2) is 114 Å². The molecule has 4 aromatic rings. The molecule has 17 nitrogen and oxygen atoms in total. The number of nitrogens with one attached hydrogen (secondary N) is 1. The van der Waals surface area contributed by atoms with Crippen molar-refractivity contribution in [1.29, 1.82) is 5.26 Å². The van der Waals surface area contributed by atoms with E-state index in [0.29, 0.717) is 89.6 Å². The van der Waals surface area contributed by atoms with Crippen molar-refractivity contribution in [2.24, 2.45) is 22.9 Å². The second-order valence-corrected chi connectivity index (χ2v) is 17.7. The molecule has 0 spiro atoms. The van der Waals surface area contributed by atoms with Crippen LogP contribution < -0.4 is 24.3 Å². The molecular formula is C53H57N5O12. The number of non-ortho nitro benzene ring substituents is 1. The van der Waals surface area contributed by atoms with Crippen LogP contribution >= 0.6 is 0 Å². The molecule has 2 aliphatic carbocycles. The number of fused-ring (bicyclic) bond motifs is 3. The molecule has 366 valence electrons. The number of nitro groups is 1. The van der Waals surface area contributed by atoms with E-state index in [9.17, 15) is 30.4 Å². The summed E-state index contributed by atoms with van der Waals surface area (Å²) in [5, 5.41) is 48.8. The van der Waals surface area contributed by atoms with Gasteiger partial charge < -0.3 is 49.0 Å². The lowest BCUT2D eigenvalue weighted by molar-refractivity contribution is -0.384. The van der Waals surface area contributed by atoms with E-state index in [0.717, 1.165) is 17.6 Å². The van der Waals surface area contributed by atoms with Gasteiger partial charge in [0, 0.05) is 61.9 Å². The van der Waals surface area contributed by atoms with E-state index in [2.05, 4.69) is 24.0 Å². The lowest BCUT2D eigenvalue weighted by atomic mass is 9.55. The lowest BCUT2D eigenvalue weighted by Crippen LogP contribution is -2.70. The number of aliphatic hydroxyl groups excluding tert-OH is 2. The van der Waals surface area contributed by atoms with Gasteiger partial charge in [0.05, 0.1) is 34.8 Å². The van der Waals surface area contributed by atoms with Gasteiger partial charge in [-0.05, 0) is 128 Å². The molecule has 4 aliphatic rings. The molecule has 2 aliphatic heterocycles. The molecule has 0 radical (unpaired) electrons. The molecule has 0 bridgehead atoms. The maximum atomic E-state index is 15.5. The van der Waals surface area contributed by atoms with Gasteiger partial charge in [-0.15, -0.1) is 6.58 Å². The topological polar surface area (TPSA) is 225 Å². The van der Waals surface area contributed by atoms with Crippen molar-refractivity contribution in [3.63, 3.8) is 0 Å². The van der Waals surface area contributed by atoms with Crippen molar-refractivity contribution in [2.75, 3.05) is 33.2 Å². The van der Waals surface area contributed by atoms with Crippen LogP contribution in [-0.2, 0) is 22.7 Å². The molecule has 0 saturated heterocycles. The fourth-order valence-electron chi connectivity index (χ4n) is 10.3. The number of hydrogen-bond acceptors (Lipinski definition) is 14. The second-order valence-electron chi connectivity index (χ2n) is 17.7. The van der Waals surface area contributed by atoms with Gasteiger partial charge >= 0.3 is 6.09 Å². The first-order chi connectivity index (χ1) is 34.1. The van der Waals surface area contributed by atoms with Gasteiger partial charge in [0.1, 0.15) is 24.1 Å². The van der Waals surface area contributed by atoms with Crippen molar-refractivity contribution >= 4 is 23.4 Å². The Bertz CT molecular complexity index is 2650. The molecule has 8 rings (SSSR count).